The van der Waals surface area contributed by atoms with E-state index in [0.717, 1.165) is 24.8 Å². The van der Waals surface area contributed by atoms with E-state index in [1.807, 2.05) is 29.9 Å². The van der Waals surface area contributed by atoms with Crippen molar-refractivity contribution in [3.05, 3.63) is 53.6 Å². The van der Waals surface area contributed by atoms with Crippen LogP contribution in [0.15, 0.2) is 41.4 Å². The van der Waals surface area contributed by atoms with Crippen molar-refractivity contribution in [3.63, 3.8) is 0 Å². The van der Waals surface area contributed by atoms with Crippen molar-refractivity contribution in [3.8, 4) is 0 Å². The summed E-state index contributed by atoms with van der Waals surface area (Å²) in [4.78, 5) is 2.32. The predicted molar refractivity (Wildman–Crippen MR) is 96.9 cm³/mol. The monoisotopic (exact) mass is 381 g/mol. The van der Waals surface area contributed by atoms with Crippen LogP contribution in [0.25, 0.3) is 0 Å². The number of halogens is 1. The van der Waals surface area contributed by atoms with Gasteiger partial charge in [-0.25, -0.2) is 17.5 Å². The zero-order valence-corrected chi connectivity index (χ0v) is 15.8. The number of hydrogen-bond donors (Lipinski definition) is 1. The van der Waals surface area contributed by atoms with E-state index >= 15 is 0 Å². The molecule has 2 heterocycles. The average Bonchev–Trinajstić information content (AvgIpc) is 3.01. The minimum absolute atomic E-state index is 0.102. The van der Waals surface area contributed by atoms with Crippen LogP contribution in [-0.4, -0.2) is 50.7 Å². The summed E-state index contributed by atoms with van der Waals surface area (Å²) >= 11 is 0. The van der Waals surface area contributed by atoms with Crippen LogP contribution >= 0.6 is 0 Å². The van der Waals surface area contributed by atoms with Crippen LogP contribution in [-0.2, 0) is 21.8 Å². The zero-order chi connectivity index (χ0) is 18.7. The number of ether oxygens (including phenoxy) is 1. The molecule has 3 rings (SSSR count). The van der Waals surface area contributed by atoms with Gasteiger partial charge in [0.1, 0.15) is 5.82 Å². The molecule has 0 saturated carbocycles. The first-order valence-corrected chi connectivity index (χ1v) is 10.1. The highest BCUT2D eigenvalue weighted by Gasteiger charge is 2.27. The molecule has 8 heteroatoms. The first-order chi connectivity index (χ1) is 12.4. The molecule has 0 spiro atoms. The summed E-state index contributed by atoms with van der Waals surface area (Å²) in [6, 6.07) is 7.54. The SMILES string of the molecule is Cc1cc(F)ccc1S(=O)(=O)NCC(c1cccn1C)N1CCOCC1. The average molecular weight is 381 g/mol. The van der Waals surface area contributed by atoms with E-state index in [0.29, 0.717) is 18.8 Å². The molecule has 1 unspecified atom stereocenters. The second-order valence-corrected chi connectivity index (χ2v) is 8.21. The molecule has 0 amide bonds. The van der Waals surface area contributed by atoms with Crippen molar-refractivity contribution in [2.75, 3.05) is 32.8 Å². The van der Waals surface area contributed by atoms with E-state index in [1.54, 1.807) is 6.92 Å². The number of nitrogens with zero attached hydrogens (tertiary/aromatic N) is 2. The number of rotatable bonds is 6. The Morgan fingerprint density at radius 2 is 2.00 bits per heavy atom. The van der Waals surface area contributed by atoms with E-state index in [9.17, 15) is 12.8 Å². The largest absolute Gasteiger partial charge is 0.379 e. The first kappa shape index (κ1) is 19.0. The Balaban J connectivity index is 1.81. The Hall–Kier alpha value is -1.74. The van der Waals surface area contributed by atoms with Crippen molar-refractivity contribution >= 4 is 10.0 Å². The van der Waals surface area contributed by atoms with Crippen molar-refractivity contribution in [2.24, 2.45) is 7.05 Å². The summed E-state index contributed by atoms with van der Waals surface area (Å²) in [7, 11) is -1.78. The number of hydrogen-bond acceptors (Lipinski definition) is 4. The summed E-state index contributed by atoms with van der Waals surface area (Å²) in [5, 5.41) is 0. The van der Waals surface area contributed by atoms with Crippen LogP contribution in [0, 0.1) is 12.7 Å². The number of sulfonamides is 1. The van der Waals surface area contributed by atoms with E-state index in [1.165, 1.54) is 12.1 Å². The quantitative estimate of drug-likeness (QED) is 0.829. The van der Waals surface area contributed by atoms with Gasteiger partial charge in [-0.2, -0.15) is 0 Å². The fraction of sp³-hybridized carbons (Fsp3) is 0.444. The Kier molecular flexibility index (Phi) is 5.76. The van der Waals surface area contributed by atoms with Gasteiger partial charge in [0.2, 0.25) is 10.0 Å². The topological polar surface area (TPSA) is 63.6 Å². The third-order valence-corrected chi connectivity index (χ3v) is 6.29. The second-order valence-electron chi connectivity index (χ2n) is 6.47. The number of nitrogens with one attached hydrogen (secondary N) is 1. The predicted octanol–water partition coefficient (Wildman–Crippen LogP) is 1.82. The van der Waals surface area contributed by atoms with E-state index in [4.69, 9.17) is 4.74 Å². The number of morpholine rings is 1. The van der Waals surface area contributed by atoms with Gasteiger partial charge in [-0.15, -0.1) is 0 Å². The summed E-state index contributed by atoms with van der Waals surface area (Å²) in [6.07, 6.45) is 1.95. The van der Waals surface area contributed by atoms with Gasteiger partial charge < -0.3 is 9.30 Å². The van der Waals surface area contributed by atoms with Crippen LogP contribution in [0.2, 0.25) is 0 Å². The zero-order valence-electron chi connectivity index (χ0n) is 15.0. The Morgan fingerprint density at radius 3 is 2.62 bits per heavy atom. The highest BCUT2D eigenvalue weighted by Crippen LogP contribution is 2.23. The maximum atomic E-state index is 13.3. The Bertz CT molecular complexity index is 860. The molecule has 1 aromatic heterocycles. The van der Waals surface area contributed by atoms with Gasteiger partial charge in [0, 0.05) is 38.6 Å². The number of aromatic nitrogens is 1. The molecule has 0 aliphatic carbocycles. The highest BCUT2D eigenvalue weighted by atomic mass is 32.2. The van der Waals surface area contributed by atoms with E-state index in [-0.39, 0.29) is 17.5 Å². The van der Waals surface area contributed by atoms with Crippen LogP contribution in [0.5, 0.6) is 0 Å². The molecule has 2 aromatic rings. The molecule has 0 radical (unpaired) electrons. The fourth-order valence-corrected chi connectivity index (χ4v) is 4.57. The molecule has 1 saturated heterocycles. The van der Waals surface area contributed by atoms with Gasteiger partial charge >= 0.3 is 0 Å². The summed E-state index contributed by atoms with van der Waals surface area (Å²) in [6.45, 7) is 4.57. The third kappa shape index (κ3) is 4.15. The Morgan fingerprint density at radius 1 is 1.27 bits per heavy atom. The molecular formula is C18H24FN3O3S. The van der Waals surface area contributed by atoms with Gasteiger partial charge in [0.05, 0.1) is 24.2 Å². The summed E-state index contributed by atoms with van der Waals surface area (Å²) in [5.41, 5.74) is 1.42. The minimum atomic E-state index is -3.73. The van der Waals surface area contributed by atoms with Gasteiger partial charge in [0.15, 0.2) is 0 Å². The Labute approximate surface area is 153 Å². The molecule has 1 aromatic carbocycles. The molecule has 142 valence electrons. The van der Waals surface area contributed by atoms with Crippen molar-refractivity contribution in [1.29, 1.82) is 0 Å². The van der Waals surface area contributed by atoms with Gasteiger partial charge in [-0.3, -0.25) is 4.90 Å². The molecule has 1 atom stereocenters. The lowest BCUT2D eigenvalue weighted by Gasteiger charge is -2.35. The molecule has 1 aliphatic heterocycles. The van der Waals surface area contributed by atoms with Crippen molar-refractivity contribution in [1.82, 2.24) is 14.2 Å². The molecule has 26 heavy (non-hydrogen) atoms. The molecule has 1 aliphatic rings. The summed E-state index contributed by atoms with van der Waals surface area (Å²) in [5.74, 6) is -0.448. The standard InChI is InChI=1S/C18H24FN3O3S/c1-14-12-15(19)5-6-18(14)26(23,24)20-13-17(16-4-3-7-21(16)2)22-8-10-25-11-9-22/h3-7,12,17,20H,8-11,13H2,1-2H3. The summed E-state index contributed by atoms with van der Waals surface area (Å²) < 4.78 is 48.8. The van der Waals surface area contributed by atoms with E-state index in [2.05, 4.69) is 9.62 Å². The lowest BCUT2D eigenvalue weighted by atomic mass is 10.1. The van der Waals surface area contributed by atoms with Crippen LogP contribution < -0.4 is 4.72 Å². The molecule has 6 nitrogen and oxygen atoms in total. The molecular weight excluding hydrogens is 357 g/mol. The maximum absolute atomic E-state index is 13.3. The highest BCUT2D eigenvalue weighted by molar-refractivity contribution is 7.89. The van der Waals surface area contributed by atoms with Crippen LogP contribution in [0.4, 0.5) is 4.39 Å². The lowest BCUT2D eigenvalue weighted by Crippen LogP contribution is -2.44. The minimum Gasteiger partial charge on any atom is -0.379 e. The molecule has 1 N–H and O–H groups in total. The number of aryl methyl sites for hydroxylation is 2. The second kappa shape index (κ2) is 7.87. The normalized spacial score (nSPS) is 17.3. The van der Waals surface area contributed by atoms with Crippen molar-refractivity contribution in [2.45, 2.75) is 17.9 Å². The fourth-order valence-electron chi connectivity index (χ4n) is 3.31. The van der Waals surface area contributed by atoms with Gasteiger partial charge in [0.25, 0.3) is 0 Å². The van der Waals surface area contributed by atoms with Crippen molar-refractivity contribution < 1.29 is 17.5 Å². The van der Waals surface area contributed by atoms with Gasteiger partial charge in [-0.1, -0.05) is 0 Å². The first-order valence-electron chi connectivity index (χ1n) is 8.57. The van der Waals surface area contributed by atoms with E-state index < -0.39 is 15.8 Å². The van der Waals surface area contributed by atoms with Crippen LogP contribution in [0.1, 0.15) is 17.3 Å². The number of benzene rings is 1. The maximum Gasteiger partial charge on any atom is 0.240 e. The third-order valence-electron chi connectivity index (χ3n) is 4.70. The smallest absolute Gasteiger partial charge is 0.240 e. The van der Waals surface area contributed by atoms with Gasteiger partial charge in [-0.05, 0) is 42.8 Å². The van der Waals surface area contributed by atoms with Crippen LogP contribution in [0.3, 0.4) is 0 Å². The molecule has 1 fully saturated rings. The lowest BCUT2D eigenvalue weighted by molar-refractivity contribution is 0.0158. The molecule has 0 bridgehead atoms.